The second-order valence-electron chi connectivity index (χ2n) is 3.57. The van der Waals surface area contributed by atoms with E-state index in [9.17, 15) is 4.57 Å². The van der Waals surface area contributed by atoms with Crippen LogP contribution in [-0.2, 0) is 15.7 Å². The average Bonchev–Trinajstić information content (AvgIpc) is 2.36. The number of rotatable bonds is 6. The summed E-state index contributed by atoms with van der Waals surface area (Å²) in [6, 6.07) is 7.60. The summed E-state index contributed by atoms with van der Waals surface area (Å²) in [6.07, 6.45) is 1.19. The van der Waals surface area contributed by atoms with Crippen LogP contribution in [0.4, 0.5) is 0 Å². The van der Waals surface area contributed by atoms with Crippen molar-refractivity contribution in [3.8, 4) is 5.75 Å². The highest BCUT2D eigenvalue weighted by Crippen LogP contribution is 2.46. The Hall–Kier alpha value is -0.790. The minimum absolute atomic E-state index is 0.406. The summed E-state index contributed by atoms with van der Waals surface area (Å²) >= 11 is 0. The maximum Gasteiger partial charge on any atom is 0.202 e. The summed E-state index contributed by atoms with van der Waals surface area (Å²) in [4.78, 5) is 0. The van der Waals surface area contributed by atoms with E-state index in [0.717, 1.165) is 11.3 Å². The fraction of sp³-hybridized carbons (Fsp3) is 0.500. The molecule has 3 nitrogen and oxygen atoms in total. The highest BCUT2D eigenvalue weighted by Gasteiger charge is 2.17. The smallest absolute Gasteiger partial charge is 0.202 e. The fourth-order valence-electron chi connectivity index (χ4n) is 1.32. The highest BCUT2D eigenvalue weighted by molar-refractivity contribution is 7.58. The SMILES string of the molecule is CCP(=O)(CC)OCc1ccc(OC)cc1. The topological polar surface area (TPSA) is 35.5 Å². The van der Waals surface area contributed by atoms with Gasteiger partial charge >= 0.3 is 0 Å². The molecule has 0 aliphatic rings. The van der Waals surface area contributed by atoms with E-state index in [4.69, 9.17) is 9.26 Å². The molecule has 1 rings (SSSR count). The van der Waals surface area contributed by atoms with Crippen molar-refractivity contribution in [1.29, 1.82) is 0 Å². The van der Waals surface area contributed by atoms with Gasteiger partial charge < -0.3 is 9.26 Å². The predicted octanol–water partition coefficient (Wildman–Crippen LogP) is 3.53. The van der Waals surface area contributed by atoms with Crippen molar-refractivity contribution < 1.29 is 13.8 Å². The molecular formula is C12H19O3P. The van der Waals surface area contributed by atoms with E-state index >= 15 is 0 Å². The molecule has 0 fully saturated rings. The van der Waals surface area contributed by atoms with Crippen LogP contribution < -0.4 is 4.74 Å². The van der Waals surface area contributed by atoms with E-state index in [1.165, 1.54) is 0 Å². The van der Waals surface area contributed by atoms with Crippen LogP contribution in [-0.4, -0.2) is 19.4 Å². The Labute approximate surface area is 97.2 Å². The molecule has 0 amide bonds. The molecule has 0 N–H and O–H groups in total. The van der Waals surface area contributed by atoms with E-state index in [1.54, 1.807) is 7.11 Å². The molecule has 0 aliphatic carbocycles. The van der Waals surface area contributed by atoms with Gasteiger partial charge in [0.25, 0.3) is 0 Å². The Morgan fingerprint density at radius 2 is 1.69 bits per heavy atom. The third-order valence-corrected chi connectivity index (χ3v) is 5.12. The lowest BCUT2D eigenvalue weighted by Gasteiger charge is -2.14. The number of methoxy groups -OCH3 is 1. The summed E-state index contributed by atoms with van der Waals surface area (Å²) in [5, 5.41) is 0. The Morgan fingerprint density at radius 3 is 2.12 bits per heavy atom. The molecule has 0 radical (unpaired) electrons. The first-order valence-corrected chi connectivity index (χ1v) is 7.48. The lowest BCUT2D eigenvalue weighted by atomic mass is 10.2. The Morgan fingerprint density at radius 1 is 1.12 bits per heavy atom. The first-order valence-electron chi connectivity index (χ1n) is 5.49. The zero-order valence-electron chi connectivity index (χ0n) is 10.1. The first kappa shape index (κ1) is 13.3. The second-order valence-corrected chi connectivity index (χ2v) is 6.72. The summed E-state index contributed by atoms with van der Waals surface area (Å²) in [6.45, 7) is 4.21. The van der Waals surface area contributed by atoms with E-state index in [-0.39, 0.29) is 0 Å². The maximum atomic E-state index is 12.0. The molecule has 1 aromatic carbocycles. The predicted molar refractivity (Wildman–Crippen MR) is 66.5 cm³/mol. The average molecular weight is 242 g/mol. The van der Waals surface area contributed by atoms with Crippen LogP contribution in [0.5, 0.6) is 5.75 Å². The summed E-state index contributed by atoms with van der Waals surface area (Å²) in [7, 11) is -0.764. The van der Waals surface area contributed by atoms with E-state index in [1.807, 2.05) is 38.1 Å². The zero-order valence-corrected chi connectivity index (χ0v) is 11.0. The van der Waals surface area contributed by atoms with Crippen molar-refractivity contribution in [3.05, 3.63) is 29.8 Å². The molecule has 0 aromatic heterocycles. The van der Waals surface area contributed by atoms with E-state index in [2.05, 4.69) is 0 Å². The van der Waals surface area contributed by atoms with Crippen molar-refractivity contribution >= 4 is 7.37 Å². The van der Waals surface area contributed by atoms with Crippen molar-refractivity contribution in [2.45, 2.75) is 20.5 Å². The van der Waals surface area contributed by atoms with Gasteiger partial charge in [-0.15, -0.1) is 0 Å². The monoisotopic (exact) mass is 242 g/mol. The van der Waals surface area contributed by atoms with Crippen LogP contribution in [0.1, 0.15) is 19.4 Å². The highest BCUT2D eigenvalue weighted by atomic mass is 31.2. The van der Waals surface area contributed by atoms with Crippen LogP contribution in [0, 0.1) is 0 Å². The Balaban J connectivity index is 2.57. The van der Waals surface area contributed by atoms with Crippen LogP contribution in [0.2, 0.25) is 0 Å². The Bertz CT molecular complexity index is 351. The van der Waals surface area contributed by atoms with Crippen molar-refractivity contribution in [1.82, 2.24) is 0 Å². The summed E-state index contributed by atoms with van der Waals surface area (Å²) in [5.41, 5.74) is 1.02. The van der Waals surface area contributed by atoms with Crippen LogP contribution in [0.15, 0.2) is 24.3 Å². The standard InChI is InChI=1S/C12H19O3P/c1-4-16(13,5-2)15-10-11-6-8-12(14-3)9-7-11/h6-9H,4-5,10H2,1-3H3. The van der Waals surface area contributed by atoms with Crippen LogP contribution in [0.3, 0.4) is 0 Å². The molecule has 0 heterocycles. The van der Waals surface area contributed by atoms with Gasteiger partial charge in [-0.05, 0) is 17.7 Å². The number of benzene rings is 1. The molecular weight excluding hydrogens is 223 g/mol. The molecule has 0 atom stereocenters. The van der Waals surface area contributed by atoms with Gasteiger partial charge in [0.1, 0.15) is 5.75 Å². The third kappa shape index (κ3) is 3.66. The van der Waals surface area contributed by atoms with Gasteiger partial charge in [0, 0.05) is 12.3 Å². The maximum absolute atomic E-state index is 12.0. The molecule has 0 aliphatic heterocycles. The minimum Gasteiger partial charge on any atom is -0.497 e. The lowest BCUT2D eigenvalue weighted by molar-refractivity contribution is 0.304. The fourth-order valence-corrected chi connectivity index (χ4v) is 2.52. The minimum atomic E-state index is -2.40. The van der Waals surface area contributed by atoms with Gasteiger partial charge in [-0.1, -0.05) is 26.0 Å². The molecule has 16 heavy (non-hydrogen) atoms. The second kappa shape index (κ2) is 6.07. The van der Waals surface area contributed by atoms with Crippen molar-refractivity contribution in [2.24, 2.45) is 0 Å². The normalized spacial score (nSPS) is 11.4. The first-order chi connectivity index (χ1) is 7.63. The van der Waals surface area contributed by atoms with Gasteiger partial charge in [0.05, 0.1) is 13.7 Å². The molecule has 90 valence electrons. The Kier molecular flexibility index (Phi) is 5.04. The molecule has 0 bridgehead atoms. The molecule has 1 aromatic rings. The van der Waals surface area contributed by atoms with Crippen LogP contribution in [0.25, 0.3) is 0 Å². The number of hydrogen-bond acceptors (Lipinski definition) is 3. The van der Waals surface area contributed by atoms with Crippen molar-refractivity contribution in [3.63, 3.8) is 0 Å². The lowest BCUT2D eigenvalue weighted by Crippen LogP contribution is -1.96. The third-order valence-electron chi connectivity index (χ3n) is 2.59. The number of hydrogen-bond donors (Lipinski definition) is 0. The summed E-state index contributed by atoms with van der Waals surface area (Å²) < 4.78 is 22.6. The number of ether oxygens (including phenoxy) is 1. The van der Waals surface area contributed by atoms with Gasteiger partial charge in [0.2, 0.25) is 7.37 Å². The van der Waals surface area contributed by atoms with Gasteiger partial charge in [-0.25, -0.2) is 0 Å². The molecule has 0 saturated heterocycles. The summed E-state index contributed by atoms with van der Waals surface area (Å²) in [5.74, 6) is 0.818. The van der Waals surface area contributed by atoms with Gasteiger partial charge in [-0.2, -0.15) is 0 Å². The molecule has 0 unspecified atom stereocenters. The zero-order chi connectivity index (χ0) is 12.0. The van der Waals surface area contributed by atoms with Crippen molar-refractivity contribution in [2.75, 3.05) is 19.4 Å². The molecule has 4 heteroatoms. The van der Waals surface area contributed by atoms with Gasteiger partial charge in [-0.3, -0.25) is 4.57 Å². The quantitative estimate of drug-likeness (QED) is 0.716. The van der Waals surface area contributed by atoms with E-state index < -0.39 is 7.37 Å². The van der Waals surface area contributed by atoms with E-state index in [0.29, 0.717) is 18.9 Å². The largest absolute Gasteiger partial charge is 0.497 e. The molecule has 0 spiro atoms. The van der Waals surface area contributed by atoms with Gasteiger partial charge in [0.15, 0.2) is 0 Å². The molecule has 0 saturated carbocycles. The van der Waals surface area contributed by atoms with Crippen LogP contribution >= 0.6 is 7.37 Å².